The van der Waals surface area contributed by atoms with Crippen molar-refractivity contribution in [3.8, 4) is 0 Å². The molecule has 5 heteroatoms. The normalized spacial score (nSPS) is 18.8. The van der Waals surface area contributed by atoms with Crippen LogP contribution in [0.2, 0.25) is 0 Å². The van der Waals surface area contributed by atoms with E-state index in [1.54, 1.807) is 12.1 Å². The summed E-state index contributed by atoms with van der Waals surface area (Å²) >= 11 is 1.96. The molecule has 0 spiro atoms. The average molecular weight is 268 g/mol. The molecule has 1 amide bonds. The van der Waals surface area contributed by atoms with Crippen LogP contribution in [0, 0.1) is 11.7 Å². The molecule has 0 aliphatic carbocycles. The summed E-state index contributed by atoms with van der Waals surface area (Å²) < 4.78 is 12.9. The first kappa shape index (κ1) is 13.4. The molecule has 1 aliphatic rings. The van der Waals surface area contributed by atoms with Gasteiger partial charge in [0.2, 0.25) is 5.91 Å². The molecule has 18 heavy (non-hydrogen) atoms. The van der Waals surface area contributed by atoms with Crippen molar-refractivity contribution in [2.75, 3.05) is 29.9 Å². The lowest BCUT2D eigenvalue weighted by Crippen LogP contribution is -2.31. The van der Waals surface area contributed by atoms with E-state index in [2.05, 4.69) is 10.6 Å². The van der Waals surface area contributed by atoms with Crippen molar-refractivity contribution in [1.29, 1.82) is 0 Å². The number of benzene rings is 1. The third kappa shape index (κ3) is 4.31. The SMILES string of the molecule is O=C(CNC[C@@H]1CCSC1)Nc1cccc(F)c1. The van der Waals surface area contributed by atoms with Crippen LogP contribution in [0.1, 0.15) is 6.42 Å². The van der Waals surface area contributed by atoms with E-state index in [9.17, 15) is 9.18 Å². The van der Waals surface area contributed by atoms with E-state index < -0.39 is 0 Å². The highest BCUT2D eigenvalue weighted by atomic mass is 32.2. The Kier molecular flexibility index (Phi) is 5.01. The quantitative estimate of drug-likeness (QED) is 0.859. The van der Waals surface area contributed by atoms with Gasteiger partial charge in [-0.15, -0.1) is 0 Å². The van der Waals surface area contributed by atoms with Crippen molar-refractivity contribution < 1.29 is 9.18 Å². The van der Waals surface area contributed by atoms with Gasteiger partial charge in [-0.05, 0) is 48.6 Å². The monoisotopic (exact) mass is 268 g/mol. The first-order chi connectivity index (χ1) is 8.74. The van der Waals surface area contributed by atoms with Gasteiger partial charge in [0.15, 0.2) is 0 Å². The second-order valence-electron chi connectivity index (χ2n) is 4.42. The maximum Gasteiger partial charge on any atom is 0.238 e. The molecule has 2 rings (SSSR count). The Morgan fingerprint density at radius 1 is 1.50 bits per heavy atom. The van der Waals surface area contributed by atoms with Gasteiger partial charge in [-0.3, -0.25) is 4.79 Å². The van der Waals surface area contributed by atoms with E-state index in [4.69, 9.17) is 0 Å². The van der Waals surface area contributed by atoms with Gasteiger partial charge in [0.1, 0.15) is 5.82 Å². The molecule has 1 aromatic rings. The summed E-state index contributed by atoms with van der Waals surface area (Å²) in [5, 5.41) is 5.80. The van der Waals surface area contributed by atoms with Gasteiger partial charge < -0.3 is 10.6 Å². The Morgan fingerprint density at radius 2 is 2.39 bits per heavy atom. The standard InChI is InChI=1S/C13H17FN2OS/c14-11-2-1-3-12(6-11)16-13(17)8-15-7-10-4-5-18-9-10/h1-3,6,10,15H,4-5,7-9H2,(H,16,17)/t10-/m0/s1. The first-order valence-corrected chi connectivity index (χ1v) is 7.23. The highest BCUT2D eigenvalue weighted by Crippen LogP contribution is 2.22. The molecule has 1 atom stereocenters. The van der Waals surface area contributed by atoms with E-state index in [-0.39, 0.29) is 18.3 Å². The topological polar surface area (TPSA) is 41.1 Å². The van der Waals surface area contributed by atoms with Crippen molar-refractivity contribution in [2.45, 2.75) is 6.42 Å². The smallest absolute Gasteiger partial charge is 0.238 e. The molecular formula is C13H17FN2OS. The zero-order valence-electron chi connectivity index (χ0n) is 10.1. The van der Waals surface area contributed by atoms with Gasteiger partial charge in [0.25, 0.3) is 0 Å². The zero-order valence-corrected chi connectivity index (χ0v) is 10.9. The number of nitrogens with one attached hydrogen (secondary N) is 2. The largest absolute Gasteiger partial charge is 0.325 e. The minimum absolute atomic E-state index is 0.133. The molecule has 3 nitrogen and oxygen atoms in total. The summed E-state index contributed by atoms with van der Waals surface area (Å²) in [6, 6.07) is 5.92. The molecule has 1 saturated heterocycles. The molecule has 1 aliphatic heterocycles. The van der Waals surface area contributed by atoms with Crippen LogP contribution in [0.3, 0.4) is 0 Å². The fourth-order valence-electron chi connectivity index (χ4n) is 1.91. The first-order valence-electron chi connectivity index (χ1n) is 6.08. The Labute approximate surface area is 111 Å². The zero-order chi connectivity index (χ0) is 12.8. The summed E-state index contributed by atoms with van der Waals surface area (Å²) in [6.07, 6.45) is 1.23. The van der Waals surface area contributed by atoms with Crippen LogP contribution in [-0.2, 0) is 4.79 Å². The van der Waals surface area contributed by atoms with E-state index >= 15 is 0 Å². The van der Waals surface area contributed by atoms with Gasteiger partial charge in [0, 0.05) is 5.69 Å². The van der Waals surface area contributed by atoms with Crippen molar-refractivity contribution in [3.63, 3.8) is 0 Å². The number of hydrogen-bond donors (Lipinski definition) is 2. The number of halogens is 1. The highest BCUT2D eigenvalue weighted by molar-refractivity contribution is 7.99. The number of rotatable bonds is 5. The van der Waals surface area contributed by atoms with Crippen molar-refractivity contribution >= 4 is 23.4 Å². The molecule has 0 aromatic heterocycles. The number of anilines is 1. The van der Waals surface area contributed by atoms with Crippen molar-refractivity contribution in [1.82, 2.24) is 5.32 Å². The Hall–Kier alpha value is -1.07. The third-order valence-corrected chi connectivity index (χ3v) is 4.08. The summed E-state index contributed by atoms with van der Waals surface area (Å²) in [4.78, 5) is 11.6. The Balaban J connectivity index is 1.68. The lowest BCUT2D eigenvalue weighted by Gasteiger charge is -2.10. The minimum atomic E-state index is -0.344. The van der Waals surface area contributed by atoms with Gasteiger partial charge in [0.05, 0.1) is 6.54 Å². The Bertz CT molecular complexity index is 408. The second-order valence-corrected chi connectivity index (χ2v) is 5.57. The molecule has 2 N–H and O–H groups in total. The minimum Gasteiger partial charge on any atom is -0.325 e. The Morgan fingerprint density at radius 3 is 3.11 bits per heavy atom. The molecule has 1 aromatic carbocycles. The molecule has 0 saturated carbocycles. The van der Waals surface area contributed by atoms with Crippen molar-refractivity contribution in [3.05, 3.63) is 30.1 Å². The summed E-state index contributed by atoms with van der Waals surface area (Å²) in [5.74, 6) is 2.60. The molecule has 0 radical (unpaired) electrons. The average Bonchev–Trinajstić information content (AvgIpc) is 2.82. The van der Waals surface area contributed by atoms with Gasteiger partial charge in [-0.2, -0.15) is 11.8 Å². The number of carbonyl (C=O) groups is 1. The molecule has 0 bridgehead atoms. The fraction of sp³-hybridized carbons (Fsp3) is 0.462. The molecule has 0 unspecified atom stereocenters. The molecule has 1 fully saturated rings. The molecule has 1 heterocycles. The van der Waals surface area contributed by atoms with Gasteiger partial charge in [-0.25, -0.2) is 4.39 Å². The summed E-state index contributed by atoms with van der Waals surface area (Å²) in [7, 11) is 0. The van der Waals surface area contributed by atoms with E-state index in [0.717, 1.165) is 6.54 Å². The fourth-order valence-corrected chi connectivity index (χ4v) is 3.19. The van der Waals surface area contributed by atoms with E-state index in [1.807, 2.05) is 11.8 Å². The lowest BCUT2D eigenvalue weighted by atomic mass is 10.1. The number of thioether (sulfide) groups is 1. The number of carbonyl (C=O) groups excluding carboxylic acids is 1. The molecule has 98 valence electrons. The van der Waals surface area contributed by atoms with Gasteiger partial charge >= 0.3 is 0 Å². The predicted molar refractivity (Wildman–Crippen MR) is 73.3 cm³/mol. The predicted octanol–water partition coefficient (Wildman–Crippen LogP) is 2.11. The summed E-state index contributed by atoms with van der Waals surface area (Å²) in [6.45, 7) is 1.15. The van der Waals surface area contributed by atoms with E-state index in [1.165, 1.54) is 30.1 Å². The lowest BCUT2D eigenvalue weighted by molar-refractivity contribution is -0.115. The number of amides is 1. The van der Waals surface area contributed by atoms with Crippen LogP contribution in [0.25, 0.3) is 0 Å². The van der Waals surface area contributed by atoms with Gasteiger partial charge in [-0.1, -0.05) is 6.07 Å². The third-order valence-electron chi connectivity index (χ3n) is 2.85. The van der Waals surface area contributed by atoms with Crippen molar-refractivity contribution in [2.24, 2.45) is 5.92 Å². The van der Waals surface area contributed by atoms with Crippen LogP contribution in [0.4, 0.5) is 10.1 Å². The van der Waals surface area contributed by atoms with Crippen LogP contribution in [0.15, 0.2) is 24.3 Å². The van der Waals surface area contributed by atoms with Crippen LogP contribution >= 0.6 is 11.8 Å². The maximum absolute atomic E-state index is 12.9. The van der Waals surface area contributed by atoms with E-state index in [0.29, 0.717) is 11.6 Å². The number of hydrogen-bond acceptors (Lipinski definition) is 3. The second kappa shape index (κ2) is 6.75. The molecular weight excluding hydrogens is 251 g/mol. The van der Waals surface area contributed by atoms with Crippen LogP contribution < -0.4 is 10.6 Å². The summed E-state index contributed by atoms with van der Waals surface area (Å²) in [5.41, 5.74) is 0.498. The van der Waals surface area contributed by atoms with Crippen LogP contribution in [-0.4, -0.2) is 30.5 Å². The maximum atomic E-state index is 12.9. The van der Waals surface area contributed by atoms with Crippen LogP contribution in [0.5, 0.6) is 0 Å². The highest BCUT2D eigenvalue weighted by Gasteiger charge is 2.15.